The Morgan fingerprint density at radius 2 is 2.15 bits per heavy atom. The summed E-state index contributed by atoms with van der Waals surface area (Å²) in [4.78, 5) is 30.2. The smallest absolute Gasteiger partial charge is 0.335 e. The van der Waals surface area contributed by atoms with Gasteiger partial charge in [-0.2, -0.15) is 0 Å². The Labute approximate surface area is 121 Å². The average molecular weight is 340 g/mol. The number of nitrogens with zero attached hydrogens (tertiary/aromatic N) is 4. The van der Waals surface area contributed by atoms with E-state index in [1.807, 2.05) is 0 Å². The van der Waals surface area contributed by atoms with Gasteiger partial charge in [0, 0.05) is 28.5 Å². The molecule has 0 amide bonds. The van der Waals surface area contributed by atoms with Gasteiger partial charge in [0.15, 0.2) is 5.82 Å². The second-order valence-electron chi connectivity index (χ2n) is 4.08. The highest BCUT2D eigenvalue weighted by Gasteiger charge is 2.16. The normalized spacial score (nSPS) is 10.5. The average Bonchev–Trinajstić information content (AvgIpc) is 2.31. The zero-order valence-electron chi connectivity index (χ0n) is 10.4. The van der Waals surface area contributed by atoms with Crippen molar-refractivity contribution in [3.63, 3.8) is 0 Å². The Kier molecular flexibility index (Phi) is 3.79. The lowest BCUT2D eigenvalue weighted by Gasteiger charge is -2.06. The van der Waals surface area contributed by atoms with Gasteiger partial charge >= 0.3 is 11.2 Å². The number of rotatable bonds is 3. The summed E-state index contributed by atoms with van der Waals surface area (Å²) in [6.07, 6.45) is 1.44. The number of nitro groups is 1. The molecule has 2 heterocycles. The van der Waals surface area contributed by atoms with Crippen LogP contribution in [-0.4, -0.2) is 19.5 Å². The van der Waals surface area contributed by atoms with Crippen LogP contribution in [0, 0.1) is 17.0 Å². The van der Waals surface area contributed by atoms with Gasteiger partial charge in [-0.1, -0.05) is 0 Å². The number of aromatic nitrogens is 3. The van der Waals surface area contributed by atoms with Crippen LogP contribution in [0.2, 0.25) is 0 Å². The minimum absolute atomic E-state index is 0.00495. The maximum atomic E-state index is 12.0. The highest BCUT2D eigenvalue weighted by molar-refractivity contribution is 9.10. The van der Waals surface area contributed by atoms with Crippen LogP contribution in [0.15, 0.2) is 27.6 Å². The fraction of sp³-hybridized carbons (Fsp3) is 0.182. The third kappa shape index (κ3) is 2.99. The van der Waals surface area contributed by atoms with Gasteiger partial charge in [0.05, 0.1) is 11.5 Å². The molecule has 0 aliphatic heterocycles. The summed E-state index contributed by atoms with van der Waals surface area (Å²) in [5, 5.41) is 10.8. The molecule has 2 rings (SSSR count). The predicted molar refractivity (Wildman–Crippen MR) is 75.3 cm³/mol. The lowest BCUT2D eigenvalue weighted by molar-refractivity contribution is -0.386. The number of nitrogens with two attached hydrogens (primary N) is 1. The molecule has 2 aromatic rings. The summed E-state index contributed by atoms with van der Waals surface area (Å²) in [7, 11) is 0. The molecule has 0 fully saturated rings. The van der Waals surface area contributed by atoms with E-state index >= 15 is 0 Å². The number of aryl methyl sites for hydroxylation is 1. The molecule has 0 saturated heterocycles. The van der Waals surface area contributed by atoms with Gasteiger partial charge < -0.3 is 10.3 Å². The van der Waals surface area contributed by atoms with E-state index in [1.165, 1.54) is 6.20 Å². The van der Waals surface area contributed by atoms with Crippen LogP contribution in [0.1, 0.15) is 11.5 Å². The lowest BCUT2D eigenvalue weighted by Crippen LogP contribution is -2.23. The molecule has 0 spiro atoms. The van der Waals surface area contributed by atoms with Gasteiger partial charge in [0.1, 0.15) is 5.82 Å². The topological polar surface area (TPSA) is 117 Å². The SMILES string of the molecule is Cc1cc(N)nc(Cn2cc(Br)cc([N+](=O)[O-])c2=O)n1. The first kappa shape index (κ1) is 14.1. The van der Waals surface area contributed by atoms with Crippen molar-refractivity contribution in [2.75, 3.05) is 5.73 Å². The number of anilines is 1. The van der Waals surface area contributed by atoms with Gasteiger partial charge in [-0.15, -0.1) is 0 Å². The third-order valence-corrected chi connectivity index (χ3v) is 2.90. The molecule has 0 aliphatic rings. The molecule has 104 valence electrons. The largest absolute Gasteiger partial charge is 0.384 e. The summed E-state index contributed by atoms with van der Waals surface area (Å²) in [6, 6.07) is 2.75. The second kappa shape index (κ2) is 5.37. The monoisotopic (exact) mass is 339 g/mol. The Hall–Kier alpha value is -2.29. The van der Waals surface area contributed by atoms with Gasteiger partial charge in [-0.05, 0) is 22.9 Å². The van der Waals surface area contributed by atoms with Gasteiger partial charge in [-0.25, -0.2) is 9.97 Å². The summed E-state index contributed by atoms with van der Waals surface area (Å²) >= 11 is 3.13. The Morgan fingerprint density at radius 1 is 1.45 bits per heavy atom. The van der Waals surface area contributed by atoms with Crippen LogP contribution >= 0.6 is 15.9 Å². The zero-order valence-corrected chi connectivity index (χ0v) is 12.0. The predicted octanol–water partition coefficient (Wildman–Crippen LogP) is 1.25. The van der Waals surface area contributed by atoms with E-state index in [0.29, 0.717) is 16.0 Å². The highest BCUT2D eigenvalue weighted by Crippen LogP contribution is 2.14. The van der Waals surface area contributed by atoms with Crippen molar-refractivity contribution in [2.24, 2.45) is 0 Å². The molecule has 0 saturated carbocycles. The van der Waals surface area contributed by atoms with Crippen molar-refractivity contribution >= 4 is 27.4 Å². The number of hydrogen-bond donors (Lipinski definition) is 1. The fourth-order valence-electron chi connectivity index (χ4n) is 1.71. The van der Waals surface area contributed by atoms with Crippen molar-refractivity contribution < 1.29 is 4.92 Å². The number of nitrogen functional groups attached to an aromatic ring is 1. The molecule has 0 radical (unpaired) electrons. The molecular formula is C11H10BrN5O3. The maximum Gasteiger partial charge on any atom is 0.335 e. The van der Waals surface area contributed by atoms with Crippen LogP contribution in [0.5, 0.6) is 0 Å². The standard InChI is InChI=1S/C11H10BrN5O3/c1-6-2-9(13)15-10(14-6)5-16-4-7(12)3-8(11(16)18)17(19)20/h2-4H,5H2,1H3,(H2,13,14,15). The van der Waals surface area contributed by atoms with Crippen molar-refractivity contribution in [1.29, 1.82) is 0 Å². The maximum absolute atomic E-state index is 12.0. The molecule has 2 N–H and O–H groups in total. The first-order valence-corrected chi connectivity index (χ1v) is 6.30. The highest BCUT2D eigenvalue weighted by atomic mass is 79.9. The summed E-state index contributed by atoms with van der Waals surface area (Å²) < 4.78 is 1.58. The quantitative estimate of drug-likeness (QED) is 0.664. The van der Waals surface area contributed by atoms with E-state index in [2.05, 4.69) is 25.9 Å². The molecule has 0 aromatic carbocycles. The van der Waals surface area contributed by atoms with Crippen LogP contribution in [0.3, 0.4) is 0 Å². The van der Waals surface area contributed by atoms with E-state index in [9.17, 15) is 14.9 Å². The second-order valence-corrected chi connectivity index (χ2v) is 5.00. The van der Waals surface area contributed by atoms with Crippen molar-refractivity contribution in [1.82, 2.24) is 14.5 Å². The van der Waals surface area contributed by atoms with Crippen molar-refractivity contribution in [3.05, 3.63) is 54.8 Å². The van der Waals surface area contributed by atoms with Crippen LogP contribution < -0.4 is 11.3 Å². The number of hydrogen-bond acceptors (Lipinski definition) is 6. The first-order valence-electron chi connectivity index (χ1n) is 5.51. The zero-order chi connectivity index (χ0) is 14.9. The summed E-state index contributed by atoms with van der Waals surface area (Å²) in [5.74, 6) is 0.599. The van der Waals surface area contributed by atoms with E-state index in [1.54, 1.807) is 13.0 Å². The molecule has 0 aliphatic carbocycles. The van der Waals surface area contributed by atoms with Gasteiger partial charge in [-0.3, -0.25) is 14.9 Å². The van der Waals surface area contributed by atoms with E-state index in [-0.39, 0.29) is 12.4 Å². The molecule has 0 atom stereocenters. The Balaban J connectivity index is 2.48. The molecule has 9 heteroatoms. The molecule has 0 bridgehead atoms. The van der Waals surface area contributed by atoms with Crippen molar-refractivity contribution in [3.8, 4) is 0 Å². The lowest BCUT2D eigenvalue weighted by atomic mass is 10.4. The molecule has 0 unspecified atom stereocenters. The molecule has 8 nitrogen and oxygen atoms in total. The van der Waals surface area contributed by atoms with E-state index in [0.717, 1.165) is 10.6 Å². The van der Waals surface area contributed by atoms with Crippen LogP contribution in [0.25, 0.3) is 0 Å². The van der Waals surface area contributed by atoms with Crippen molar-refractivity contribution in [2.45, 2.75) is 13.5 Å². The summed E-state index contributed by atoms with van der Waals surface area (Å²) in [5.41, 5.74) is 5.03. The van der Waals surface area contributed by atoms with Crippen LogP contribution in [-0.2, 0) is 6.54 Å². The molecule has 2 aromatic heterocycles. The van der Waals surface area contributed by atoms with E-state index < -0.39 is 16.2 Å². The van der Waals surface area contributed by atoms with E-state index in [4.69, 9.17) is 5.73 Å². The van der Waals surface area contributed by atoms with Gasteiger partial charge in [0.2, 0.25) is 0 Å². The Bertz CT molecular complexity index is 723. The first-order chi connectivity index (χ1) is 9.36. The number of halogens is 1. The molecule has 20 heavy (non-hydrogen) atoms. The third-order valence-electron chi connectivity index (χ3n) is 2.46. The fourth-order valence-corrected chi connectivity index (χ4v) is 2.18. The number of pyridine rings is 1. The molecular weight excluding hydrogens is 330 g/mol. The minimum Gasteiger partial charge on any atom is -0.384 e. The Morgan fingerprint density at radius 3 is 2.75 bits per heavy atom. The van der Waals surface area contributed by atoms with Crippen LogP contribution in [0.4, 0.5) is 11.5 Å². The minimum atomic E-state index is -0.727. The van der Waals surface area contributed by atoms with Gasteiger partial charge in [0.25, 0.3) is 0 Å². The summed E-state index contributed by atoms with van der Waals surface area (Å²) in [6.45, 7) is 1.75.